The van der Waals surface area contributed by atoms with E-state index in [1.54, 1.807) is 17.1 Å². The molecule has 1 aromatic carbocycles. The van der Waals surface area contributed by atoms with Crippen molar-refractivity contribution in [3.05, 3.63) is 55.0 Å². The molecule has 4 rings (SSSR count). The van der Waals surface area contributed by atoms with E-state index in [1.807, 2.05) is 59.2 Å². The average molecular weight is 350 g/mol. The maximum atomic E-state index is 12.9. The van der Waals surface area contributed by atoms with Crippen LogP contribution in [-0.2, 0) is 13.6 Å². The Kier molecular flexibility index (Phi) is 4.43. The van der Waals surface area contributed by atoms with Gasteiger partial charge in [0.05, 0.1) is 18.8 Å². The van der Waals surface area contributed by atoms with Crippen molar-refractivity contribution < 1.29 is 4.79 Å². The molecule has 134 valence electrons. The number of aryl methyl sites for hydroxylation is 1. The molecule has 0 spiro atoms. The Morgan fingerprint density at radius 2 is 2.08 bits per heavy atom. The number of hydrogen-bond donors (Lipinski definition) is 1. The van der Waals surface area contributed by atoms with Crippen LogP contribution >= 0.6 is 0 Å². The lowest BCUT2D eigenvalue weighted by Crippen LogP contribution is -2.41. The number of aromatic nitrogens is 4. The van der Waals surface area contributed by atoms with E-state index in [0.717, 1.165) is 37.1 Å². The largest absolute Gasteiger partial charge is 0.323 e. The number of benzene rings is 1. The molecule has 3 heterocycles. The standard InChI is InChI=1S/C19H22N6O/c1-23-18(17(13-21-23)15-7-3-2-4-8-15)22-19(26)25-12-5-9-16(25)14-24-11-6-10-20-24/h2-4,6-8,10-11,13,16H,5,9,12,14H2,1H3,(H,22,26)/t16-/m1/s1. The van der Waals surface area contributed by atoms with Crippen LogP contribution in [-0.4, -0.2) is 43.1 Å². The summed E-state index contributed by atoms with van der Waals surface area (Å²) >= 11 is 0. The minimum Gasteiger partial charge on any atom is -0.320 e. The first-order chi connectivity index (χ1) is 12.7. The van der Waals surface area contributed by atoms with Gasteiger partial charge in [0.15, 0.2) is 0 Å². The fourth-order valence-electron chi connectivity index (χ4n) is 3.51. The minimum absolute atomic E-state index is 0.0829. The smallest absolute Gasteiger partial charge is 0.320 e. The van der Waals surface area contributed by atoms with Crippen molar-refractivity contribution in [2.75, 3.05) is 11.9 Å². The fraction of sp³-hybridized carbons (Fsp3) is 0.316. The van der Waals surface area contributed by atoms with Crippen molar-refractivity contribution in [1.82, 2.24) is 24.5 Å². The average Bonchev–Trinajstić information content (AvgIpc) is 3.39. The topological polar surface area (TPSA) is 68.0 Å². The molecule has 3 aromatic rings. The van der Waals surface area contributed by atoms with E-state index < -0.39 is 0 Å². The number of rotatable bonds is 4. The first-order valence-corrected chi connectivity index (χ1v) is 8.85. The second-order valence-corrected chi connectivity index (χ2v) is 6.54. The van der Waals surface area contributed by atoms with Gasteiger partial charge in [-0.2, -0.15) is 10.2 Å². The molecule has 2 aromatic heterocycles. The van der Waals surface area contributed by atoms with Crippen molar-refractivity contribution in [2.24, 2.45) is 7.05 Å². The second-order valence-electron chi connectivity index (χ2n) is 6.54. The minimum atomic E-state index is -0.0829. The molecule has 2 amide bonds. The Balaban J connectivity index is 1.52. The summed E-state index contributed by atoms with van der Waals surface area (Å²) in [5.41, 5.74) is 1.95. The van der Waals surface area contributed by atoms with Crippen molar-refractivity contribution in [2.45, 2.75) is 25.4 Å². The van der Waals surface area contributed by atoms with Crippen LogP contribution < -0.4 is 5.32 Å². The number of carbonyl (C=O) groups excluding carboxylic acids is 1. The third kappa shape index (κ3) is 3.20. The van der Waals surface area contributed by atoms with Gasteiger partial charge in [-0.3, -0.25) is 14.7 Å². The van der Waals surface area contributed by atoms with Crippen LogP contribution in [0.1, 0.15) is 12.8 Å². The lowest BCUT2D eigenvalue weighted by atomic mass is 10.1. The van der Waals surface area contributed by atoms with Crippen molar-refractivity contribution in [3.8, 4) is 11.1 Å². The van der Waals surface area contributed by atoms with E-state index in [9.17, 15) is 4.79 Å². The summed E-state index contributed by atoms with van der Waals surface area (Å²) in [7, 11) is 1.84. The fourth-order valence-corrected chi connectivity index (χ4v) is 3.51. The molecule has 0 saturated carbocycles. The van der Waals surface area contributed by atoms with Gasteiger partial charge in [0, 0.05) is 31.5 Å². The third-order valence-electron chi connectivity index (χ3n) is 4.84. The lowest BCUT2D eigenvalue weighted by molar-refractivity contribution is 0.199. The summed E-state index contributed by atoms with van der Waals surface area (Å²) in [6, 6.07) is 11.9. The van der Waals surface area contributed by atoms with Crippen LogP contribution in [0.25, 0.3) is 11.1 Å². The molecule has 0 radical (unpaired) electrons. The number of likely N-dealkylation sites (tertiary alicyclic amines) is 1. The van der Waals surface area contributed by atoms with Crippen LogP contribution in [0.15, 0.2) is 55.0 Å². The Labute approximate surface area is 152 Å². The summed E-state index contributed by atoms with van der Waals surface area (Å²) in [6.45, 7) is 1.48. The van der Waals surface area contributed by atoms with Crippen LogP contribution in [0.2, 0.25) is 0 Å². The molecule has 1 aliphatic rings. The first kappa shape index (κ1) is 16.4. The van der Waals surface area contributed by atoms with E-state index in [1.165, 1.54) is 0 Å². The van der Waals surface area contributed by atoms with E-state index in [2.05, 4.69) is 15.5 Å². The van der Waals surface area contributed by atoms with Crippen LogP contribution in [0, 0.1) is 0 Å². The molecular formula is C19H22N6O. The van der Waals surface area contributed by atoms with Crippen molar-refractivity contribution in [1.29, 1.82) is 0 Å². The van der Waals surface area contributed by atoms with Gasteiger partial charge in [-0.15, -0.1) is 0 Å². The Morgan fingerprint density at radius 3 is 2.85 bits per heavy atom. The summed E-state index contributed by atoms with van der Waals surface area (Å²) in [4.78, 5) is 14.8. The zero-order valence-corrected chi connectivity index (χ0v) is 14.7. The molecule has 0 bridgehead atoms. The van der Waals surface area contributed by atoms with Gasteiger partial charge in [-0.1, -0.05) is 30.3 Å². The normalized spacial score (nSPS) is 16.8. The number of hydrogen-bond acceptors (Lipinski definition) is 3. The van der Waals surface area contributed by atoms with E-state index >= 15 is 0 Å². The van der Waals surface area contributed by atoms with Crippen molar-refractivity contribution >= 4 is 11.8 Å². The first-order valence-electron chi connectivity index (χ1n) is 8.85. The van der Waals surface area contributed by atoms with Gasteiger partial charge in [-0.05, 0) is 24.5 Å². The van der Waals surface area contributed by atoms with Gasteiger partial charge in [-0.25, -0.2) is 4.79 Å². The molecule has 26 heavy (non-hydrogen) atoms. The third-order valence-corrected chi connectivity index (χ3v) is 4.84. The Bertz CT molecular complexity index is 871. The summed E-state index contributed by atoms with van der Waals surface area (Å²) in [5, 5.41) is 11.6. The SMILES string of the molecule is Cn1ncc(-c2ccccc2)c1NC(=O)N1CCC[C@@H]1Cn1cccn1. The van der Waals surface area contributed by atoms with E-state index in [4.69, 9.17) is 0 Å². The second kappa shape index (κ2) is 7.03. The van der Waals surface area contributed by atoms with E-state index in [-0.39, 0.29) is 12.1 Å². The lowest BCUT2D eigenvalue weighted by Gasteiger charge is -2.25. The van der Waals surface area contributed by atoms with Gasteiger partial charge >= 0.3 is 6.03 Å². The molecule has 7 heteroatoms. The van der Waals surface area contributed by atoms with Crippen LogP contribution in [0.5, 0.6) is 0 Å². The Morgan fingerprint density at radius 1 is 1.23 bits per heavy atom. The van der Waals surface area contributed by atoms with Crippen molar-refractivity contribution in [3.63, 3.8) is 0 Å². The number of urea groups is 1. The Hall–Kier alpha value is -3.09. The van der Waals surface area contributed by atoms with Crippen LogP contribution in [0.4, 0.5) is 10.6 Å². The number of carbonyl (C=O) groups is 1. The van der Waals surface area contributed by atoms with Gasteiger partial charge in [0.1, 0.15) is 5.82 Å². The maximum absolute atomic E-state index is 12.9. The highest BCUT2D eigenvalue weighted by atomic mass is 16.2. The summed E-state index contributed by atoms with van der Waals surface area (Å²) in [5.74, 6) is 0.714. The molecule has 1 N–H and O–H groups in total. The zero-order valence-electron chi connectivity index (χ0n) is 14.7. The molecule has 0 aliphatic carbocycles. The van der Waals surface area contributed by atoms with E-state index in [0.29, 0.717) is 5.82 Å². The molecule has 0 unspecified atom stereocenters. The molecule has 1 saturated heterocycles. The van der Waals surface area contributed by atoms with Gasteiger partial charge < -0.3 is 4.90 Å². The maximum Gasteiger partial charge on any atom is 0.323 e. The quantitative estimate of drug-likeness (QED) is 0.786. The number of nitrogens with zero attached hydrogens (tertiary/aromatic N) is 5. The monoisotopic (exact) mass is 350 g/mol. The number of nitrogens with one attached hydrogen (secondary N) is 1. The van der Waals surface area contributed by atoms with Crippen LogP contribution in [0.3, 0.4) is 0 Å². The molecular weight excluding hydrogens is 328 g/mol. The highest BCUT2D eigenvalue weighted by molar-refractivity contribution is 5.93. The molecule has 1 aliphatic heterocycles. The predicted octanol–water partition coefficient (Wildman–Crippen LogP) is 2.98. The van der Waals surface area contributed by atoms with Gasteiger partial charge in [0.25, 0.3) is 0 Å². The molecule has 1 atom stereocenters. The number of anilines is 1. The predicted molar refractivity (Wildman–Crippen MR) is 99.6 cm³/mol. The molecule has 1 fully saturated rings. The zero-order chi connectivity index (χ0) is 17.9. The molecule has 7 nitrogen and oxygen atoms in total. The highest BCUT2D eigenvalue weighted by Crippen LogP contribution is 2.28. The highest BCUT2D eigenvalue weighted by Gasteiger charge is 2.30. The summed E-state index contributed by atoms with van der Waals surface area (Å²) in [6.07, 6.45) is 7.49. The summed E-state index contributed by atoms with van der Waals surface area (Å²) < 4.78 is 3.59. The van der Waals surface area contributed by atoms with Gasteiger partial charge in [0.2, 0.25) is 0 Å². The number of amides is 2.